The number of carbonyl (C=O) groups excluding carboxylic acids is 2. The van der Waals surface area contributed by atoms with Crippen molar-refractivity contribution < 1.29 is 14.3 Å². The second-order valence-corrected chi connectivity index (χ2v) is 1.86. The van der Waals surface area contributed by atoms with Crippen LogP contribution >= 0.6 is 0 Å². The summed E-state index contributed by atoms with van der Waals surface area (Å²) in [7, 11) is 2.73. The predicted molar refractivity (Wildman–Crippen MR) is 35.2 cm³/mol. The van der Waals surface area contributed by atoms with Crippen LogP contribution in [-0.2, 0) is 14.3 Å². The molecule has 0 aliphatic heterocycles. The van der Waals surface area contributed by atoms with E-state index >= 15 is 0 Å². The smallest absolute Gasteiger partial charge is 0.317 e. The third kappa shape index (κ3) is 2.05. The Bertz CT molecular complexity index is 128. The first-order valence-electron chi connectivity index (χ1n) is 2.93. The molecule has 0 saturated carbocycles. The highest BCUT2D eigenvalue weighted by Gasteiger charge is 2.19. The molecule has 10 heavy (non-hydrogen) atoms. The molecule has 0 aliphatic rings. The molecule has 1 atom stereocenters. The summed E-state index contributed by atoms with van der Waals surface area (Å²) in [6, 6.07) is 0. The van der Waals surface area contributed by atoms with Crippen molar-refractivity contribution in [1.29, 1.82) is 0 Å². The number of esters is 1. The van der Waals surface area contributed by atoms with Crippen LogP contribution in [0.4, 0.5) is 0 Å². The minimum absolute atomic E-state index is 0.327. The number of rotatable bonds is 2. The van der Waals surface area contributed by atoms with E-state index in [0.29, 0.717) is 0 Å². The van der Waals surface area contributed by atoms with Gasteiger partial charge in [0.25, 0.3) is 0 Å². The highest BCUT2D eigenvalue weighted by atomic mass is 16.5. The summed E-state index contributed by atoms with van der Waals surface area (Å²) in [4.78, 5) is 21.3. The van der Waals surface area contributed by atoms with E-state index in [2.05, 4.69) is 10.1 Å². The maximum absolute atomic E-state index is 10.7. The normalized spacial score (nSPS) is 11.9. The van der Waals surface area contributed by atoms with Crippen molar-refractivity contribution in [2.24, 2.45) is 5.92 Å². The standard InChI is InChI=1S/C6H11NO3/c1-4(5(8)7-2)6(9)10-3/h4H,1-3H3,(H,7,8). The Morgan fingerprint density at radius 1 is 1.50 bits per heavy atom. The van der Waals surface area contributed by atoms with Crippen LogP contribution in [0.5, 0.6) is 0 Å². The molecule has 0 aromatic carbocycles. The van der Waals surface area contributed by atoms with Gasteiger partial charge in [0.2, 0.25) is 5.91 Å². The first-order chi connectivity index (χ1) is 4.63. The maximum atomic E-state index is 10.7. The van der Waals surface area contributed by atoms with Crippen LogP contribution in [0.2, 0.25) is 0 Å². The highest BCUT2D eigenvalue weighted by molar-refractivity contribution is 5.97. The Kier molecular flexibility index (Phi) is 3.46. The maximum Gasteiger partial charge on any atom is 0.317 e. The van der Waals surface area contributed by atoms with Crippen molar-refractivity contribution in [3.8, 4) is 0 Å². The second-order valence-electron chi connectivity index (χ2n) is 1.86. The molecule has 1 unspecified atom stereocenters. The fourth-order valence-corrected chi connectivity index (χ4v) is 0.500. The molecule has 58 valence electrons. The minimum atomic E-state index is -0.713. The average molecular weight is 145 g/mol. The van der Waals surface area contributed by atoms with E-state index in [1.54, 1.807) is 0 Å². The molecule has 0 bridgehead atoms. The predicted octanol–water partition coefficient (Wildman–Crippen LogP) is -0.459. The van der Waals surface area contributed by atoms with Crippen molar-refractivity contribution in [3.63, 3.8) is 0 Å². The van der Waals surface area contributed by atoms with E-state index in [0.717, 1.165) is 0 Å². The molecule has 0 saturated heterocycles. The van der Waals surface area contributed by atoms with E-state index in [-0.39, 0.29) is 5.91 Å². The topological polar surface area (TPSA) is 55.4 Å². The Morgan fingerprint density at radius 2 is 2.00 bits per heavy atom. The number of hydrogen-bond acceptors (Lipinski definition) is 3. The molecule has 0 radical (unpaired) electrons. The van der Waals surface area contributed by atoms with Gasteiger partial charge in [-0.2, -0.15) is 0 Å². The van der Waals surface area contributed by atoms with Crippen LogP contribution in [0.15, 0.2) is 0 Å². The molecule has 0 aromatic heterocycles. The summed E-state index contributed by atoms with van der Waals surface area (Å²) in [6.07, 6.45) is 0. The lowest BCUT2D eigenvalue weighted by Crippen LogP contribution is -2.31. The van der Waals surface area contributed by atoms with Gasteiger partial charge in [-0.05, 0) is 6.92 Å². The molecular weight excluding hydrogens is 134 g/mol. The zero-order valence-corrected chi connectivity index (χ0v) is 6.30. The summed E-state index contributed by atoms with van der Waals surface area (Å²) < 4.78 is 4.34. The number of methoxy groups -OCH3 is 1. The average Bonchev–Trinajstić information content (AvgIpc) is 2.00. The summed E-state index contributed by atoms with van der Waals surface area (Å²) in [5.74, 6) is -1.55. The lowest BCUT2D eigenvalue weighted by molar-refractivity contribution is -0.149. The number of nitrogens with one attached hydrogen (secondary N) is 1. The molecule has 0 aliphatic carbocycles. The van der Waals surface area contributed by atoms with Crippen LogP contribution in [0, 0.1) is 5.92 Å². The Morgan fingerprint density at radius 3 is 2.30 bits per heavy atom. The van der Waals surface area contributed by atoms with Gasteiger partial charge in [-0.25, -0.2) is 0 Å². The quantitative estimate of drug-likeness (QED) is 0.422. The van der Waals surface area contributed by atoms with Crippen molar-refractivity contribution in [2.75, 3.05) is 14.2 Å². The molecular formula is C6H11NO3. The van der Waals surface area contributed by atoms with E-state index in [9.17, 15) is 9.59 Å². The summed E-state index contributed by atoms with van der Waals surface area (Å²) in [5, 5.41) is 2.34. The molecule has 1 N–H and O–H groups in total. The molecule has 0 spiro atoms. The van der Waals surface area contributed by atoms with Gasteiger partial charge < -0.3 is 10.1 Å². The van der Waals surface area contributed by atoms with E-state index in [1.165, 1.54) is 21.1 Å². The number of amides is 1. The molecule has 0 fully saturated rings. The van der Waals surface area contributed by atoms with Crippen LogP contribution in [-0.4, -0.2) is 26.0 Å². The zero-order chi connectivity index (χ0) is 8.15. The minimum Gasteiger partial charge on any atom is -0.468 e. The van der Waals surface area contributed by atoms with E-state index in [4.69, 9.17) is 0 Å². The van der Waals surface area contributed by atoms with Gasteiger partial charge >= 0.3 is 5.97 Å². The van der Waals surface area contributed by atoms with Gasteiger partial charge in [-0.15, -0.1) is 0 Å². The first-order valence-corrected chi connectivity index (χ1v) is 2.93. The molecule has 0 aromatic rings. The molecule has 4 heteroatoms. The van der Waals surface area contributed by atoms with Crippen molar-refractivity contribution in [1.82, 2.24) is 5.32 Å². The van der Waals surface area contributed by atoms with Gasteiger partial charge in [0.15, 0.2) is 0 Å². The van der Waals surface area contributed by atoms with Gasteiger partial charge in [0.1, 0.15) is 5.92 Å². The van der Waals surface area contributed by atoms with Crippen molar-refractivity contribution >= 4 is 11.9 Å². The SMILES string of the molecule is CNC(=O)C(C)C(=O)OC. The number of hydrogen-bond donors (Lipinski definition) is 1. The van der Waals surface area contributed by atoms with Crippen LogP contribution < -0.4 is 5.32 Å². The van der Waals surface area contributed by atoms with Crippen LogP contribution in [0.3, 0.4) is 0 Å². The third-order valence-electron chi connectivity index (χ3n) is 1.19. The number of carbonyl (C=O) groups is 2. The fraction of sp³-hybridized carbons (Fsp3) is 0.667. The largest absolute Gasteiger partial charge is 0.468 e. The highest BCUT2D eigenvalue weighted by Crippen LogP contribution is 1.95. The molecule has 0 rings (SSSR count). The van der Waals surface area contributed by atoms with Crippen molar-refractivity contribution in [3.05, 3.63) is 0 Å². The van der Waals surface area contributed by atoms with Gasteiger partial charge in [-0.1, -0.05) is 0 Å². The van der Waals surface area contributed by atoms with Gasteiger partial charge in [0.05, 0.1) is 7.11 Å². The van der Waals surface area contributed by atoms with Crippen LogP contribution in [0.25, 0.3) is 0 Å². The lowest BCUT2D eigenvalue weighted by Gasteiger charge is -2.05. The summed E-state index contributed by atoms with van der Waals surface area (Å²) in [6.45, 7) is 1.49. The molecule has 4 nitrogen and oxygen atoms in total. The number of ether oxygens (including phenoxy) is 1. The summed E-state index contributed by atoms with van der Waals surface area (Å²) >= 11 is 0. The zero-order valence-electron chi connectivity index (χ0n) is 6.30. The fourth-order valence-electron chi connectivity index (χ4n) is 0.500. The molecule has 1 amide bonds. The Hall–Kier alpha value is -1.06. The van der Waals surface area contributed by atoms with E-state index < -0.39 is 11.9 Å². The lowest BCUT2D eigenvalue weighted by atomic mass is 10.2. The van der Waals surface area contributed by atoms with Crippen LogP contribution in [0.1, 0.15) is 6.92 Å². The molecule has 0 heterocycles. The van der Waals surface area contributed by atoms with Gasteiger partial charge in [-0.3, -0.25) is 9.59 Å². The van der Waals surface area contributed by atoms with Gasteiger partial charge in [0, 0.05) is 7.05 Å². The van der Waals surface area contributed by atoms with Crippen molar-refractivity contribution in [2.45, 2.75) is 6.92 Å². The summed E-state index contributed by atoms with van der Waals surface area (Å²) in [5.41, 5.74) is 0. The monoisotopic (exact) mass is 145 g/mol. The second kappa shape index (κ2) is 3.87. The Labute approximate surface area is 59.6 Å². The Balaban J connectivity index is 3.94. The first kappa shape index (κ1) is 8.94. The third-order valence-corrected chi connectivity index (χ3v) is 1.19. The van der Waals surface area contributed by atoms with E-state index in [1.807, 2.05) is 0 Å².